The van der Waals surface area contributed by atoms with E-state index in [0.29, 0.717) is 0 Å². The van der Waals surface area contributed by atoms with E-state index in [1.807, 2.05) is 0 Å². The number of hydrogen-bond donors (Lipinski definition) is 2. The molecule has 3 nitrogen and oxygen atoms in total. The molecule has 0 atom stereocenters. The van der Waals surface area contributed by atoms with Crippen molar-refractivity contribution in [3.8, 4) is 0 Å². The lowest BCUT2D eigenvalue weighted by Crippen LogP contribution is -2.26. The molecule has 4 heteroatoms. The largest absolute Gasteiger partial charge is 0.387 e. The lowest BCUT2D eigenvalue weighted by atomic mass is 10.1. The molecule has 0 radical (unpaired) electrons. The maximum absolute atomic E-state index is 5.75. The van der Waals surface area contributed by atoms with Gasteiger partial charge in [0.2, 0.25) is 0 Å². The highest BCUT2D eigenvalue weighted by Crippen LogP contribution is 2.05. The predicted octanol–water partition coefficient (Wildman–Crippen LogP) is 1.56. The van der Waals surface area contributed by atoms with Gasteiger partial charge in [0, 0.05) is 23.9 Å². The first-order valence-electron chi connectivity index (χ1n) is 4.56. The first kappa shape index (κ1) is 13.2. The molecule has 78 valence electrons. The summed E-state index contributed by atoms with van der Waals surface area (Å²) in [5.41, 5.74) is 5.70. The molecule has 0 rings (SSSR count). The van der Waals surface area contributed by atoms with E-state index in [4.69, 9.17) is 5.73 Å². The second kappa shape index (κ2) is 6.59. The van der Waals surface area contributed by atoms with Crippen LogP contribution in [0, 0.1) is 0 Å². The van der Waals surface area contributed by atoms with Gasteiger partial charge in [0.05, 0.1) is 11.4 Å². The van der Waals surface area contributed by atoms with Crippen molar-refractivity contribution in [2.24, 2.45) is 10.7 Å². The van der Waals surface area contributed by atoms with Crippen LogP contribution < -0.4 is 11.1 Å². The third-order valence-electron chi connectivity index (χ3n) is 1.31. The Labute approximate surface area is 94.7 Å². The molecule has 0 aromatic rings. The van der Waals surface area contributed by atoms with Gasteiger partial charge >= 0.3 is 0 Å². The van der Waals surface area contributed by atoms with Crippen LogP contribution in [0.4, 0.5) is 0 Å². The molecular formula is C9H20IN3. The SMILES string of the molecule is CC(C)(C)N=C(N)CCNCCI. The molecule has 0 bridgehead atoms. The molecule has 0 heterocycles. The van der Waals surface area contributed by atoms with Crippen LogP contribution in [0.3, 0.4) is 0 Å². The fourth-order valence-corrected chi connectivity index (χ4v) is 1.28. The second-order valence-corrected chi connectivity index (χ2v) is 5.04. The highest BCUT2D eigenvalue weighted by Gasteiger charge is 2.07. The minimum atomic E-state index is -0.0483. The number of nitrogens with zero attached hydrogens (tertiary/aromatic N) is 1. The van der Waals surface area contributed by atoms with Gasteiger partial charge in [-0.05, 0) is 20.8 Å². The highest BCUT2D eigenvalue weighted by molar-refractivity contribution is 14.1. The molecule has 0 amide bonds. The molecule has 13 heavy (non-hydrogen) atoms. The zero-order chi connectivity index (χ0) is 10.3. The van der Waals surface area contributed by atoms with Crippen LogP contribution in [-0.4, -0.2) is 28.9 Å². The second-order valence-electron chi connectivity index (χ2n) is 3.96. The number of alkyl halides is 1. The van der Waals surface area contributed by atoms with Crippen molar-refractivity contribution in [2.45, 2.75) is 32.7 Å². The van der Waals surface area contributed by atoms with E-state index in [9.17, 15) is 0 Å². The Kier molecular flexibility index (Phi) is 6.67. The van der Waals surface area contributed by atoms with Crippen LogP contribution in [0.25, 0.3) is 0 Å². The van der Waals surface area contributed by atoms with Gasteiger partial charge < -0.3 is 11.1 Å². The van der Waals surface area contributed by atoms with Crippen LogP contribution in [0.1, 0.15) is 27.2 Å². The first-order valence-corrected chi connectivity index (χ1v) is 6.09. The van der Waals surface area contributed by atoms with Crippen LogP contribution >= 0.6 is 22.6 Å². The molecule has 3 N–H and O–H groups in total. The summed E-state index contributed by atoms with van der Waals surface area (Å²) in [6, 6.07) is 0. The van der Waals surface area contributed by atoms with Gasteiger partial charge in [0.1, 0.15) is 0 Å². The summed E-state index contributed by atoms with van der Waals surface area (Å²) in [6.07, 6.45) is 0.841. The summed E-state index contributed by atoms with van der Waals surface area (Å²) in [7, 11) is 0. The Balaban J connectivity index is 3.62. The number of nitrogens with one attached hydrogen (secondary N) is 1. The zero-order valence-corrected chi connectivity index (χ0v) is 10.9. The van der Waals surface area contributed by atoms with Gasteiger partial charge in [0.15, 0.2) is 0 Å². The fourth-order valence-electron chi connectivity index (χ4n) is 0.895. The monoisotopic (exact) mass is 297 g/mol. The highest BCUT2D eigenvalue weighted by atomic mass is 127. The first-order chi connectivity index (χ1) is 5.95. The molecule has 0 spiro atoms. The smallest absolute Gasteiger partial charge is 0.0956 e. The van der Waals surface area contributed by atoms with Gasteiger partial charge in [0.25, 0.3) is 0 Å². The molecule has 0 aliphatic rings. The normalized spacial score (nSPS) is 13.4. The third-order valence-corrected chi connectivity index (χ3v) is 1.85. The maximum Gasteiger partial charge on any atom is 0.0956 e. The van der Waals surface area contributed by atoms with E-state index in [-0.39, 0.29) is 5.54 Å². The summed E-state index contributed by atoms with van der Waals surface area (Å²) in [4.78, 5) is 4.36. The van der Waals surface area contributed by atoms with E-state index < -0.39 is 0 Å². The Hall–Kier alpha value is 0.160. The molecule has 0 aliphatic carbocycles. The Morgan fingerprint density at radius 3 is 2.46 bits per heavy atom. The van der Waals surface area contributed by atoms with Gasteiger partial charge in [-0.2, -0.15) is 0 Å². The van der Waals surface area contributed by atoms with E-state index in [0.717, 1.165) is 29.8 Å². The van der Waals surface area contributed by atoms with Crippen molar-refractivity contribution in [1.82, 2.24) is 5.32 Å². The fraction of sp³-hybridized carbons (Fsp3) is 0.889. The van der Waals surface area contributed by atoms with Crippen LogP contribution in [-0.2, 0) is 0 Å². The van der Waals surface area contributed by atoms with Crippen molar-refractivity contribution < 1.29 is 0 Å². The van der Waals surface area contributed by atoms with Crippen molar-refractivity contribution >= 4 is 28.4 Å². The Morgan fingerprint density at radius 1 is 1.38 bits per heavy atom. The molecule has 0 fully saturated rings. The van der Waals surface area contributed by atoms with Gasteiger partial charge in [-0.15, -0.1) is 0 Å². The number of halogens is 1. The summed E-state index contributed by atoms with van der Waals surface area (Å²) in [5, 5.41) is 3.28. The Bertz CT molecular complexity index is 161. The van der Waals surface area contributed by atoms with Crippen LogP contribution in [0.5, 0.6) is 0 Å². The molecule has 0 saturated heterocycles. The van der Waals surface area contributed by atoms with E-state index >= 15 is 0 Å². The maximum atomic E-state index is 5.75. The predicted molar refractivity (Wildman–Crippen MR) is 67.7 cm³/mol. The van der Waals surface area contributed by atoms with Crippen molar-refractivity contribution in [3.63, 3.8) is 0 Å². The molecular weight excluding hydrogens is 277 g/mol. The number of rotatable bonds is 5. The summed E-state index contributed by atoms with van der Waals surface area (Å²) >= 11 is 2.34. The average molecular weight is 297 g/mol. The molecule has 0 aromatic heterocycles. The van der Waals surface area contributed by atoms with Crippen molar-refractivity contribution in [1.29, 1.82) is 0 Å². The average Bonchev–Trinajstić information content (AvgIpc) is 1.94. The van der Waals surface area contributed by atoms with Crippen molar-refractivity contribution in [3.05, 3.63) is 0 Å². The number of hydrogen-bond acceptors (Lipinski definition) is 2. The number of amidine groups is 1. The van der Waals surface area contributed by atoms with Crippen LogP contribution in [0.15, 0.2) is 4.99 Å². The molecule has 0 saturated carbocycles. The molecule has 0 aliphatic heterocycles. The van der Waals surface area contributed by atoms with E-state index in [2.05, 4.69) is 53.7 Å². The standard InChI is InChI=1S/C9H20IN3/c1-9(2,3)13-8(11)4-6-12-7-5-10/h12H,4-7H2,1-3H3,(H2,11,13). The number of nitrogens with two attached hydrogens (primary N) is 1. The minimum absolute atomic E-state index is 0.0483. The summed E-state index contributed by atoms with van der Waals surface area (Å²) in [5.74, 6) is 0.744. The molecule has 0 aromatic carbocycles. The quantitative estimate of drug-likeness (QED) is 0.266. The van der Waals surface area contributed by atoms with Gasteiger partial charge in [-0.1, -0.05) is 22.6 Å². The Morgan fingerprint density at radius 2 is 2.00 bits per heavy atom. The lowest BCUT2D eigenvalue weighted by molar-refractivity contribution is 0.579. The minimum Gasteiger partial charge on any atom is -0.387 e. The summed E-state index contributed by atoms with van der Waals surface area (Å²) < 4.78 is 1.13. The molecule has 0 unspecified atom stereocenters. The zero-order valence-electron chi connectivity index (χ0n) is 8.73. The van der Waals surface area contributed by atoms with Gasteiger partial charge in [-0.25, -0.2) is 0 Å². The van der Waals surface area contributed by atoms with E-state index in [1.54, 1.807) is 0 Å². The van der Waals surface area contributed by atoms with Crippen molar-refractivity contribution in [2.75, 3.05) is 17.5 Å². The van der Waals surface area contributed by atoms with Gasteiger partial charge in [-0.3, -0.25) is 4.99 Å². The lowest BCUT2D eigenvalue weighted by Gasteiger charge is -2.13. The topological polar surface area (TPSA) is 50.4 Å². The summed E-state index contributed by atoms with van der Waals surface area (Å²) in [6.45, 7) is 8.13. The van der Waals surface area contributed by atoms with Crippen LogP contribution in [0.2, 0.25) is 0 Å². The van der Waals surface area contributed by atoms with E-state index in [1.165, 1.54) is 0 Å². The number of aliphatic imine (C=N–C) groups is 1. The third kappa shape index (κ3) is 10.1.